The second-order valence-electron chi connectivity index (χ2n) is 9.33. The van der Waals surface area contributed by atoms with Crippen LogP contribution in [0, 0.1) is 11.6 Å². The van der Waals surface area contributed by atoms with E-state index in [1.54, 1.807) is 48.3 Å². The van der Waals surface area contributed by atoms with Gasteiger partial charge < -0.3 is 10.2 Å². The minimum Gasteiger partial charge on any atom is -0.325 e. The van der Waals surface area contributed by atoms with Crippen molar-refractivity contribution in [2.45, 2.75) is 18.9 Å². The molecule has 14 heteroatoms. The van der Waals surface area contributed by atoms with Crippen LogP contribution in [-0.4, -0.2) is 54.8 Å². The van der Waals surface area contributed by atoms with E-state index in [1.807, 2.05) is 4.72 Å². The van der Waals surface area contributed by atoms with Crippen molar-refractivity contribution in [1.82, 2.24) is 24.8 Å². The number of likely N-dealkylation sites (N-methyl/N-ethyl adjacent to an activating group) is 1. The fraction of sp³-hybridized carbons (Fsp3) is 0.231. The molecule has 1 aliphatic rings. The first-order valence-corrected chi connectivity index (χ1v) is 13.6. The first kappa shape index (κ1) is 27.0. The van der Waals surface area contributed by atoms with E-state index in [1.165, 1.54) is 18.1 Å². The van der Waals surface area contributed by atoms with Crippen LogP contribution in [0.1, 0.15) is 11.1 Å². The molecule has 0 bridgehead atoms. The van der Waals surface area contributed by atoms with E-state index in [-0.39, 0.29) is 24.3 Å². The molecule has 5 rings (SSSR count). The predicted octanol–water partition coefficient (Wildman–Crippen LogP) is 2.43. The van der Waals surface area contributed by atoms with Crippen molar-refractivity contribution in [2.75, 3.05) is 22.8 Å². The zero-order valence-corrected chi connectivity index (χ0v) is 22.3. The van der Waals surface area contributed by atoms with Crippen molar-refractivity contribution in [3.63, 3.8) is 0 Å². The van der Waals surface area contributed by atoms with Gasteiger partial charge in [-0.15, -0.1) is 0 Å². The van der Waals surface area contributed by atoms with Crippen LogP contribution in [0.3, 0.4) is 0 Å². The first-order chi connectivity index (χ1) is 19.0. The highest BCUT2D eigenvalue weighted by atomic mass is 32.2. The number of nitrogens with one attached hydrogen (secondary N) is 2. The Bertz CT molecular complexity index is 1710. The quantitative estimate of drug-likeness (QED) is 0.352. The molecule has 1 unspecified atom stereocenters. The Morgan fingerprint density at radius 1 is 1.12 bits per heavy atom. The van der Waals surface area contributed by atoms with Gasteiger partial charge >= 0.3 is 16.2 Å². The number of benzene rings is 2. The number of aromatic nitrogens is 3. The molecule has 2 aromatic carbocycles. The molecule has 4 aromatic rings. The third-order valence-corrected chi connectivity index (χ3v) is 7.99. The molecule has 11 nitrogen and oxygen atoms in total. The van der Waals surface area contributed by atoms with Crippen LogP contribution >= 0.6 is 0 Å². The Morgan fingerprint density at radius 3 is 2.62 bits per heavy atom. The maximum absolute atomic E-state index is 13.9. The van der Waals surface area contributed by atoms with E-state index in [0.29, 0.717) is 23.7 Å². The van der Waals surface area contributed by atoms with E-state index in [4.69, 9.17) is 0 Å². The Balaban J connectivity index is 1.39. The number of hydrogen-bond donors (Lipinski definition) is 2. The average molecular weight is 570 g/mol. The van der Waals surface area contributed by atoms with Crippen LogP contribution in [0.5, 0.6) is 0 Å². The summed E-state index contributed by atoms with van der Waals surface area (Å²) in [4.78, 5) is 31.9. The lowest BCUT2D eigenvalue weighted by Crippen LogP contribution is -2.54. The molecule has 208 valence electrons. The molecule has 2 aromatic heterocycles. The number of anilines is 2. The topological polar surface area (TPSA) is 130 Å². The number of pyridine rings is 1. The number of urea groups is 1. The number of carbonyl (C=O) groups excluding carboxylic acids is 2. The van der Waals surface area contributed by atoms with Crippen molar-refractivity contribution >= 4 is 44.6 Å². The summed E-state index contributed by atoms with van der Waals surface area (Å²) in [7, 11) is -1.12. The number of nitrogens with zero attached hydrogens (tertiary/aromatic N) is 5. The number of rotatable bonds is 7. The zero-order valence-electron chi connectivity index (χ0n) is 21.5. The fourth-order valence-electron chi connectivity index (χ4n) is 4.66. The normalized spacial score (nSPS) is 13.7. The summed E-state index contributed by atoms with van der Waals surface area (Å²) >= 11 is 0. The number of amides is 3. The molecule has 1 aliphatic heterocycles. The molecular weight excluding hydrogens is 544 g/mol. The summed E-state index contributed by atoms with van der Waals surface area (Å²) in [5.74, 6) is -2.16. The largest absolute Gasteiger partial charge is 0.330 e. The molecule has 0 aliphatic carbocycles. The van der Waals surface area contributed by atoms with Gasteiger partial charge in [0.15, 0.2) is 0 Å². The van der Waals surface area contributed by atoms with E-state index < -0.39 is 39.8 Å². The number of aryl methyl sites for hydroxylation is 1. The summed E-state index contributed by atoms with van der Waals surface area (Å²) in [5.41, 5.74) is 2.10. The smallest absolute Gasteiger partial charge is 0.325 e. The van der Waals surface area contributed by atoms with Crippen LogP contribution in [0.25, 0.3) is 10.9 Å². The lowest BCUT2D eigenvalue weighted by atomic mass is 10.0. The first-order valence-electron chi connectivity index (χ1n) is 12.2. The molecule has 0 fully saturated rings. The SMILES string of the molecule is CN(C(=O)C(Cc1cc(F)cc(F)c1)NC(=O)NS(=O)(=O)N1CCc2cccnc21)c1ccc2c(cnn2C)c1. The monoisotopic (exact) mass is 569 g/mol. The number of fused-ring (bicyclic) bond motifs is 2. The van der Waals surface area contributed by atoms with E-state index in [2.05, 4.69) is 15.4 Å². The van der Waals surface area contributed by atoms with Gasteiger partial charge in [-0.1, -0.05) is 6.07 Å². The van der Waals surface area contributed by atoms with Crippen molar-refractivity contribution in [3.05, 3.63) is 83.7 Å². The molecule has 0 spiro atoms. The van der Waals surface area contributed by atoms with Gasteiger partial charge in [0.2, 0.25) is 5.91 Å². The second-order valence-corrected chi connectivity index (χ2v) is 10.9. The lowest BCUT2D eigenvalue weighted by molar-refractivity contribution is -0.120. The Morgan fingerprint density at radius 2 is 1.88 bits per heavy atom. The Kier molecular flexibility index (Phi) is 7.10. The van der Waals surface area contributed by atoms with Gasteiger partial charge in [-0.3, -0.25) is 9.48 Å². The van der Waals surface area contributed by atoms with E-state index in [9.17, 15) is 26.8 Å². The van der Waals surface area contributed by atoms with Crippen molar-refractivity contribution in [1.29, 1.82) is 0 Å². The molecule has 3 amide bonds. The lowest BCUT2D eigenvalue weighted by Gasteiger charge is -2.26. The molecular formula is C26H25F2N7O4S. The number of halogens is 2. The molecule has 0 saturated carbocycles. The summed E-state index contributed by atoms with van der Waals surface area (Å²) in [6.45, 7) is 0.0828. The van der Waals surface area contributed by atoms with Gasteiger partial charge in [-0.05, 0) is 53.9 Å². The molecule has 0 saturated heterocycles. The third-order valence-electron chi connectivity index (χ3n) is 6.61. The third kappa shape index (κ3) is 5.43. The molecule has 40 heavy (non-hydrogen) atoms. The minimum atomic E-state index is -4.37. The summed E-state index contributed by atoms with van der Waals surface area (Å²) < 4.78 is 58.3. The van der Waals surface area contributed by atoms with Crippen LogP contribution in [0.4, 0.5) is 25.1 Å². The van der Waals surface area contributed by atoms with Gasteiger partial charge in [0, 0.05) is 50.4 Å². The van der Waals surface area contributed by atoms with Gasteiger partial charge in [0.1, 0.15) is 23.5 Å². The summed E-state index contributed by atoms with van der Waals surface area (Å²) in [6.07, 6.45) is 3.18. The van der Waals surface area contributed by atoms with Crippen molar-refractivity contribution < 1.29 is 26.8 Å². The van der Waals surface area contributed by atoms with Gasteiger partial charge in [-0.25, -0.2) is 27.6 Å². The Labute approximate surface area is 228 Å². The minimum absolute atomic E-state index is 0.0828. The van der Waals surface area contributed by atoms with Gasteiger partial charge in [0.25, 0.3) is 0 Å². The van der Waals surface area contributed by atoms with Crippen LogP contribution in [-0.2, 0) is 34.9 Å². The molecule has 1 atom stereocenters. The average Bonchev–Trinajstić information content (AvgIpc) is 3.50. The molecule has 2 N–H and O–H groups in total. The highest BCUT2D eigenvalue weighted by molar-refractivity contribution is 7.91. The van der Waals surface area contributed by atoms with Gasteiger partial charge in [-0.2, -0.15) is 13.5 Å². The summed E-state index contributed by atoms with van der Waals surface area (Å²) in [5, 5.41) is 7.31. The second kappa shape index (κ2) is 10.5. The zero-order chi connectivity index (χ0) is 28.6. The molecule has 0 radical (unpaired) electrons. The van der Waals surface area contributed by atoms with Crippen LogP contribution < -0.4 is 19.2 Å². The van der Waals surface area contributed by atoms with E-state index >= 15 is 0 Å². The Hall–Kier alpha value is -4.59. The number of hydrogen-bond acceptors (Lipinski definition) is 6. The highest BCUT2D eigenvalue weighted by Gasteiger charge is 2.33. The highest BCUT2D eigenvalue weighted by Crippen LogP contribution is 2.27. The summed E-state index contributed by atoms with van der Waals surface area (Å²) in [6, 6.07) is 8.79. The number of carbonyl (C=O) groups is 2. The van der Waals surface area contributed by atoms with Crippen molar-refractivity contribution in [2.24, 2.45) is 7.05 Å². The predicted molar refractivity (Wildman–Crippen MR) is 144 cm³/mol. The van der Waals surface area contributed by atoms with Crippen LogP contribution in [0.15, 0.2) is 60.9 Å². The standard InChI is InChI=1S/C26H25F2N7O4S/c1-33(21-5-6-23-18(13-21)15-30-34(23)2)25(36)22(12-16-10-19(27)14-20(28)11-16)31-26(37)32-40(38,39)35-9-7-17-4-3-8-29-24(17)35/h3-6,8,10-11,13-15,22H,7,9,12H2,1-2H3,(H2,31,32,37). The fourth-order valence-corrected chi connectivity index (χ4v) is 5.78. The van der Waals surface area contributed by atoms with Crippen molar-refractivity contribution in [3.8, 4) is 0 Å². The maximum atomic E-state index is 13.9. The van der Waals surface area contributed by atoms with Gasteiger partial charge in [0.05, 0.1) is 11.7 Å². The van der Waals surface area contributed by atoms with Crippen LogP contribution in [0.2, 0.25) is 0 Å². The maximum Gasteiger partial charge on any atom is 0.330 e. The van der Waals surface area contributed by atoms with E-state index in [0.717, 1.165) is 27.3 Å². The molecule has 3 heterocycles.